The highest BCUT2D eigenvalue weighted by molar-refractivity contribution is 5.90. The van der Waals surface area contributed by atoms with Gasteiger partial charge in [-0.05, 0) is 67.3 Å². The van der Waals surface area contributed by atoms with Crippen LogP contribution in [0.5, 0.6) is 5.75 Å². The van der Waals surface area contributed by atoms with E-state index in [1.54, 1.807) is 7.11 Å². The van der Waals surface area contributed by atoms with E-state index in [0.29, 0.717) is 11.4 Å². The van der Waals surface area contributed by atoms with Crippen molar-refractivity contribution in [3.05, 3.63) is 58.4 Å². The smallest absolute Gasteiger partial charge is 0.149 e. The zero-order valence-electron chi connectivity index (χ0n) is 14.3. The Bertz CT molecular complexity index is 951. The Morgan fingerprint density at radius 3 is 2.58 bits per heavy atom. The van der Waals surface area contributed by atoms with Crippen LogP contribution in [-0.4, -0.2) is 17.1 Å². The monoisotopic (exact) mass is 317 g/mol. The maximum absolute atomic E-state index is 9.55. The first-order chi connectivity index (χ1) is 11.5. The first-order valence-electron chi connectivity index (χ1n) is 7.75. The highest BCUT2D eigenvalue weighted by Crippen LogP contribution is 2.24. The van der Waals surface area contributed by atoms with E-state index in [9.17, 15) is 5.26 Å². The van der Waals surface area contributed by atoms with E-state index in [0.717, 1.165) is 27.9 Å². The standard InChI is InChI=1S/C20H19N3O/c1-12-5-6-15(10-19(12)24-4)9-16(11-21)20-22-17-7-13(2)14(3)8-18(17)23-20/h5-10H,1-4H3,(H,22,23)/b16-9+. The molecule has 0 bridgehead atoms. The number of H-pyrrole nitrogens is 1. The molecule has 2 aromatic carbocycles. The summed E-state index contributed by atoms with van der Waals surface area (Å²) >= 11 is 0. The van der Waals surface area contributed by atoms with Crippen LogP contribution < -0.4 is 4.74 Å². The zero-order chi connectivity index (χ0) is 17.3. The third-order valence-electron chi connectivity index (χ3n) is 4.22. The predicted octanol–water partition coefficient (Wildman–Crippen LogP) is 4.56. The number of hydrogen-bond acceptors (Lipinski definition) is 3. The lowest BCUT2D eigenvalue weighted by atomic mass is 10.1. The molecule has 0 aliphatic rings. The van der Waals surface area contributed by atoms with Crippen molar-refractivity contribution in [2.45, 2.75) is 20.8 Å². The van der Waals surface area contributed by atoms with Crippen molar-refractivity contribution in [1.29, 1.82) is 5.26 Å². The van der Waals surface area contributed by atoms with Crippen molar-refractivity contribution in [2.75, 3.05) is 7.11 Å². The third-order valence-corrected chi connectivity index (χ3v) is 4.22. The molecule has 0 unspecified atom stereocenters. The molecular weight excluding hydrogens is 298 g/mol. The quantitative estimate of drug-likeness (QED) is 0.720. The highest BCUT2D eigenvalue weighted by atomic mass is 16.5. The van der Waals surface area contributed by atoms with Crippen LogP contribution in [-0.2, 0) is 0 Å². The van der Waals surface area contributed by atoms with Gasteiger partial charge in [0.05, 0.1) is 23.7 Å². The lowest BCUT2D eigenvalue weighted by molar-refractivity contribution is 0.411. The van der Waals surface area contributed by atoms with Crippen molar-refractivity contribution in [1.82, 2.24) is 9.97 Å². The number of methoxy groups -OCH3 is 1. The van der Waals surface area contributed by atoms with Gasteiger partial charge in [0.1, 0.15) is 17.6 Å². The van der Waals surface area contributed by atoms with Gasteiger partial charge >= 0.3 is 0 Å². The van der Waals surface area contributed by atoms with Gasteiger partial charge in [-0.25, -0.2) is 4.98 Å². The average Bonchev–Trinajstić information content (AvgIpc) is 2.96. The maximum Gasteiger partial charge on any atom is 0.149 e. The minimum atomic E-state index is 0.493. The second-order valence-corrected chi connectivity index (χ2v) is 5.94. The number of nitriles is 1. The number of allylic oxidation sites excluding steroid dienone is 1. The average molecular weight is 317 g/mol. The Hall–Kier alpha value is -3.06. The van der Waals surface area contributed by atoms with Crippen LogP contribution in [0.25, 0.3) is 22.7 Å². The molecule has 1 N–H and O–H groups in total. The number of nitrogens with zero attached hydrogens (tertiary/aromatic N) is 2. The molecule has 1 heterocycles. The molecule has 0 aliphatic carbocycles. The molecule has 3 aromatic rings. The van der Waals surface area contributed by atoms with Gasteiger partial charge in [-0.1, -0.05) is 12.1 Å². The first-order valence-corrected chi connectivity index (χ1v) is 7.75. The second-order valence-electron chi connectivity index (χ2n) is 5.94. The molecule has 1 aromatic heterocycles. The summed E-state index contributed by atoms with van der Waals surface area (Å²) in [5.74, 6) is 1.38. The number of fused-ring (bicyclic) bond motifs is 1. The summed E-state index contributed by atoms with van der Waals surface area (Å²) in [6.07, 6.45) is 1.82. The van der Waals surface area contributed by atoms with E-state index in [4.69, 9.17) is 4.74 Å². The summed E-state index contributed by atoms with van der Waals surface area (Å²) in [5, 5.41) is 9.55. The lowest BCUT2D eigenvalue weighted by Gasteiger charge is -2.05. The minimum absolute atomic E-state index is 0.493. The fraction of sp³-hybridized carbons (Fsp3) is 0.200. The Balaban J connectivity index is 2.07. The molecule has 4 heteroatoms. The normalized spacial score (nSPS) is 11.5. The Labute approximate surface area is 141 Å². The Morgan fingerprint density at radius 2 is 1.88 bits per heavy atom. The fourth-order valence-corrected chi connectivity index (χ4v) is 2.64. The predicted molar refractivity (Wildman–Crippen MR) is 96.8 cm³/mol. The van der Waals surface area contributed by atoms with Crippen molar-refractivity contribution in [2.24, 2.45) is 0 Å². The Morgan fingerprint density at radius 1 is 1.12 bits per heavy atom. The number of imidazole rings is 1. The molecule has 0 fully saturated rings. The molecule has 4 nitrogen and oxygen atoms in total. The maximum atomic E-state index is 9.55. The van der Waals surface area contributed by atoms with Crippen LogP contribution in [0.3, 0.4) is 0 Å². The van der Waals surface area contributed by atoms with E-state index in [-0.39, 0.29) is 0 Å². The van der Waals surface area contributed by atoms with E-state index < -0.39 is 0 Å². The largest absolute Gasteiger partial charge is 0.496 e. The summed E-state index contributed by atoms with van der Waals surface area (Å²) in [6.45, 7) is 6.11. The summed E-state index contributed by atoms with van der Waals surface area (Å²) in [5.41, 5.74) is 6.65. The third kappa shape index (κ3) is 2.89. The number of aryl methyl sites for hydroxylation is 3. The Kier molecular flexibility index (Phi) is 4.09. The second kappa shape index (κ2) is 6.21. The van der Waals surface area contributed by atoms with Crippen molar-refractivity contribution in [3.8, 4) is 11.8 Å². The van der Waals surface area contributed by atoms with Crippen LogP contribution in [0.4, 0.5) is 0 Å². The van der Waals surface area contributed by atoms with Crippen molar-refractivity contribution in [3.63, 3.8) is 0 Å². The first kappa shape index (κ1) is 15.8. The number of hydrogen-bond donors (Lipinski definition) is 1. The van der Waals surface area contributed by atoms with E-state index in [2.05, 4.69) is 36.0 Å². The molecule has 0 atom stereocenters. The van der Waals surface area contributed by atoms with Gasteiger partial charge < -0.3 is 9.72 Å². The van der Waals surface area contributed by atoms with Crippen LogP contribution in [0.15, 0.2) is 30.3 Å². The van der Waals surface area contributed by atoms with Crippen LogP contribution in [0.2, 0.25) is 0 Å². The van der Waals surface area contributed by atoms with E-state index in [1.165, 1.54) is 11.1 Å². The molecule has 0 saturated carbocycles. The lowest BCUT2D eigenvalue weighted by Crippen LogP contribution is -1.89. The van der Waals surface area contributed by atoms with Gasteiger partial charge in [-0.2, -0.15) is 5.26 Å². The minimum Gasteiger partial charge on any atom is -0.496 e. The molecular formula is C20H19N3O. The topological polar surface area (TPSA) is 61.7 Å². The molecule has 0 spiro atoms. The number of aromatic nitrogens is 2. The van der Waals surface area contributed by atoms with Gasteiger partial charge in [0.2, 0.25) is 0 Å². The number of ether oxygens (including phenoxy) is 1. The van der Waals surface area contributed by atoms with Crippen molar-refractivity contribution >= 4 is 22.7 Å². The van der Waals surface area contributed by atoms with Crippen molar-refractivity contribution < 1.29 is 4.74 Å². The van der Waals surface area contributed by atoms with Gasteiger partial charge in [-0.3, -0.25) is 0 Å². The molecule has 120 valence electrons. The zero-order valence-corrected chi connectivity index (χ0v) is 14.3. The SMILES string of the molecule is COc1cc(/C=C(\C#N)c2nc3cc(C)c(C)cc3[nH]2)ccc1C. The number of rotatable bonds is 3. The van der Waals surface area contributed by atoms with Gasteiger partial charge in [0.15, 0.2) is 0 Å². The summed E-state index contributed by atoms with van der Waals surface area (Å²) in [7, 11) is 1.64. The molecule has 0 amide bonds. The highest BCUT2D eigenvalue weighted by Gasteiger charge is 2.10. The van der Waals surface area contributed by atoms with Gasteiger partial charge in [0.25, 0.3) is 0 Å². The number of aromatic amines is 1. The van der Waals surface area contributed by atoms with Crippen LogP contribution >= 0.6 is 0 Å². The van der Waals surface area contributed by atoms with Crippen LogP contribution in [0.1, 0.15) is 28.1 Å². The fourth-order valence-electron chi connectivity index (χ4n) is 2.64. The summed E-state index contributed by atoms with van der Waals surface area (Å²) in [4.78, 5) is 7.81. The van der Waals surface area contributed by atoms with Gasteiger partial charge in [-0.15, -0.1) is 0 Å². The summed E-state index contributed by atoms with van der Waals surface area (Å²) < 4.78 is 5.35. The van der Waals surface area contributed by atoms with E-state index in [1.807, 2.05) is 37.3 Å². The molecule has 0 radical (unpaired) electrons. The van der Waals surface area contributed by atoms with Gasteiger partial charge in [0, 0.05) is 0 Å². The van der Waals surface area contributed by atoms with Crippen LogP contribution in [0, 0.1) is 32.1 Å². The molecule has 24 heavy (non-hydrogen) atoms. The molecule has 0 aliphatic heterocycles. The molecule has 3 rings (SSSR count). The molecule has 0 saturated heterocycles. The summed E-state index contributed by atoms with van der Waals surface area (Å²) in [6, 6.07) is 12.2. The number of nitrogens with one attached hydrogen (secondary N) is 1. The van der Waals surface area contributed by atoms with E-state index >= 15 is 0 Å². The number of benzene rings is 2.